The molecule has 0 aromatic rings. The molecule has 7 atom stereocenters. The molecule has 4 heterocycles. The molecule has 57 heavy (non-hydrogen) atoms. The summed E-state index contributed by atoms with van der Waals surface area (Å²) in [5.41, 5.74) is 4.02. The largest absolute Gasteiger partial charge is 0.376 e. The van der Waals surface area contributed by atoms with E-state index in [1.54, 1.807) is 0 Å². The number of thioether (sulfide) groups is 1. The zero-order chi connectivity index (χ0) is 41.1. The van der Waals surface area contributed by atoms with Crippen molar-refractivity contribution in [2.45, 2.75) is 161 Å². The van der Waals surface area contributed by atoms with Gasteiger partial charge in [-0.05, 0) is 118 Å². The van der Waals surface area contributed by atoms with Crippen molar-refractivity contribution in [2.24, 2.45) is 33.5 Å². The number of nitrogens with one attached hydrogen (secondary N) is 4. The van der Waals surface area contributed by atoms with Crippen LogP contribution in [-0.4, -0.2) is 106 Å². The summed E-state index contributed by atoms with van der Waals surface area (Å²) in [6.45, 7) is 31.9. The van der Waals surface area contributed by atoms with E-state index in [-0.39, 0.29) is 51.8 Å². The Kier molecular flexibility index (Phi) is 11.8. The first-order valence-corrected chi connectivity index (χ1v) is 23.6. The van der Waals surface area contributed by atoms with E-state index in [0.29, 0.717) is 19.0 Å². The van der Waals surface area contributed by atoms with E-state index in [1.807, 2.05) is 43.5 Å². The molecule has 10 nitrogen and oxygen atoms in total. The lowest BCUT2D eigenvalue weighted by atomic mass is 9.73. The fourth-order valence-electron chi connectivity index (χ4n) is 12.4. The van der Waals surface area contributed by atoms with E-state index >= 15 is 4.79 Å². The van der Waals surface area contributed by atoms with Gasteiger partial charge in [-0.1, -0.05) is 66.7 Å². The summed E-state index contributed by atoms with van der Waals surface area (Å²) in [7, 11) is 0. The second-order valence-corrected chi connectivity index (χ2v) is 22.1. The molecule has 7 rings (SSSR count). The van der Waals surface area contributed by atoms with E-state index in [1.165, 1.54) is 12.8 Å². The number of fused-ring (bicyclic) bond motifs is 1. The van der Waals surface area contributed by atoms with E-state index in [4.69, 9.17) is 0 Å². The third-order valence-corrected chi connectivity index (χ3v) is 17.4. The fourth-order valence-corrected chi connectivity index (χ4v) is 13.5. The van der Waals surface area contributed by atoms with Gasteiger partial charge >= 0.3 is 0 Å². The molecule has 0 bridgehead atoms. The molecule has 0 aromatic heterocycles. The number of hydrogen-bond acceptors (Lipinski definition) is 8. The van der Waals surface area contributed by atoms with Crippen LogP contribution in [0, 0.1) is 33.5 Å². The highest BCUT2D eigenvalue weighted by atomic mass is 32.2. The molecule has 7 fully saturated rings. The average Bonchev–Trinajstić information content (AvgIpc) is 3.64. The first-order valence-electron chi connectivity index (χ1n) is 22.5. The van der Waals surface area contributed by atoms with Crippen molar-refractivity contribution in [3.05, 3.63) is 37.2 Å². The first-order chi connectivity index (χ1) is 26.9. The number of carbonyl (C=O) groups excluding carboxylic acids is 3. The van der Waals surface area contributed by atoms with Gasteiger partial charge in [0.05, 0.1) is 5.54 Å². The minimum absolute atomic E-state index is 0.0193. The summed E-state index contributed by atoms with van der Waals surface area (Å²) in [6, 6.07) is -1.38. The topological polar surface area (TPSA) is 109 Å². The summed E-state index contributed by atoms with van der Waals surface area (Å²) in [4.78, 5) is 49.5. The molecule has 4 N–H and O–H groups in total. The van der Waals surface area contributed by atoms with Crippen LogP contribution in [0.1, 0.15) is 126 Å². The quantitative estimate of drug-likeness (QED) is 0.150. The molecule has 11 heteroatoms. The summed E-state index contributed by atoms with van der Waals surface area (Å²) in [5, 5.41) is 12.7. The van der Waals surface area contributed by atoms with Crippen molar-refractivity contribution in [3.63, 3.8) is 0 Å². The Morgan fingerprint density at radius 3 is 2.09 bits per heavy atom. The molecule has 3 saturated carbocycles. The van der Waals surface area contributed by atoms with Crippen LogP contribution in [0.4, 0.5) is 0 Å². The number of hydrogen-bond donors (Lipinski definition) is 4. The number of rotatable bonds is 14. The molecular weight excluding hydrogens is 731 g/mol. The molecule has 2 spiro atoms. The summed E-state index contributed by atoms with van der Waals surface area (Å²) < 4.78 is 0. The molecule has 4 saturated heterocycles. The highest BCUT2D eigenvalue weighted by molar-refractivity contribution is 7.99. The maximum absolute atomic E-state index is 15.4. The lowest BCUT2D eigenvalue weighted by Crippen LogP contribution is -2.62. The number of hydrazine groups is 1. The molecule has 0 radical (unpaired) electrons. The second-order valence-electron chi connectivity index (χ2n) is 20.9. The number of amides is 3. The second kappa shape index (κ2) is 15.8. The van der Waals surface area contributed by atoms with Gasteiger partial charge in [0.15, 0.2) is 0 Å². The Balaban J connectivity index is 1.15. The Hall–Kier alpha value is -2.50. The van der Waals surface area contributed by atoms with Crippen LogP contribution in [0.3, 0.4) is 0 Å². The lowest BCUT2D eigenvalue weighted by Gasteiger charge is -2.42. The van der Waals surface area contributed by atoms with Crippen LogP contribution in [0.15, 0.2) is 37.2 Å². The predicted octanol–water partition coefficient (Wildman–Crippen LogP) is 6.37. The Morgan fingerprint density at radius 1 is 0.860 bits per heavy atom. The van der Waals surface area contributed by atoms with Crippen molar-refractivity contribution < 1.29 is 14.4 Å². The molecule has 3 aliphatic carbocycles. The summed E-state index contributed by atoms with van der Waals surface area (Å²) in [6.07, 6.45) is 14.3. The van der Waals surface area contributed by atoms with Gasteiger partial charge in [-0.15, -0.1) is 6.58 Å². The number of nitrogens with zero attached hydrogens (tertiary/aromatic N) is 3. The van der Waals surface area contributed by atoms with Crippen LogP contribution in [0.5, 0.6) is 0 Å². The van der Waals surface area contributed by atoms with Crippen LogP contribution in [-0.2, 0) is 14.4 Å². The maximum atomic E-state index is 15.4. The highest BCUT2D eigenvalue weighted by Crippen LogP contribution is 2.88. The molecule has 0 aromatic carbocycles. The zero-order valence-electron chi connectivity index (χ0n) is 36.4. The first kappa shape index (κ1) is 42.6. The smallest absolute Gasteiger partial charge is 0.246 e. The predicted molar refractivity (Wildman–Crippen MR) is 232 cm³/mol. The van der Waals surface area contributed by atoms with Crippen molar-refractivity contribution in [1.82, 2.24) is 36.2 Å². The van der Waals surface area contributed by atoms with Gasteiger partial charge < -0.3 is 26.3 Å². The van der Waals surface area contributed by atoms with E-state index in [0.717, 1.165) is 100 Å². The minimum atomic E-state index is -0.811. The van der Waals surface area contributed by atoms with Crippen molar-refractivity contribution >= 4 is 29.5 Å². The van der Waals surface area contributed by atoms with Gasteiger partial charge in [-0.3, -0.25) is 19.3 Å². The average molecular weight is 806 g/mol. The SMILES string of the molecule is C=C[C@@H]1C[C@]1(NC(=O)C1CC2(CN1C(=O)[C@@H](NC(=O)C(NC(=C)[C@@H]1CCCCN1C(C)C)C1CCSCC1)C(C)(C)C)C(C)(C)C21CCC1)C(=C)NN1CCCC1. The third kappa shape index (κ3) is 7.40. The van der Waals surface area contributed by atoms with Crippen molar-refractivity contribution in [1.29, 1.82) is 0 Å². The summed E-state index contributed by atoms with van der Waals surface area (Å²) in [5.74, 6) is 1.83. The maximum Gasteiger partial charge on any atom is 0.246 e. The molecule has 3 amide bonds. The highest BCUT2D eigenvalue weighted by Gasteiger charge is 2.85. The van der Waals surface area contributed by atoms with Crippen LogP contribution in [0.25, 0.3) is 0 Å². The third-order valence-electron chi connectivity index (χ3n) is 16.4. The van der Waals surface area contributed by atoms with Crippen molar-refractivity contribution in [2.75, 3.05) is 37.7 Å². The number of piperidine rings is 1. The standard InChI is InChI=1S/C46H75N7O3S/c1-11-34-27-46(34,32(5)50-51-22-14-15-23-51)49-39(54)36-28-45(43(9,10)44(45)20-16-21-44)29-53(36)41(56)38(42(6,7)8)48-40(55)37(33-18-25-57-26-19-33)47-31(4)35-17-12-13-24-52(35)30(2)3/h11,30,33-38,47,50H,1,4-5,12-29H2,2-3,6-10H3,(H,48,55)(H,49,54)/t34-,35+,36?,37?,38-,45?,46+/m1/s1. The van der Waals surface area contributed by atoms with Gasteiger partial charge in [0, 0.05) is 54.4 Å². The van der Waals surface area contributed by atoms with Gasteiger partial charge in [-0.25, -0.2) is 5.01 Å². The molecule has 7 aliphatic rings. The molecule has 4 aliphatic heterocycles. The monoisotopic (exact) mass is 806 g/mol. The Labute approximate surface area is 348 Å². The number of carbonyl (C=O) groups is 3. The molecular formula is C46H75N7O3S. The van der Waals surface area contributed by atoms with Gasteiger partial charge in [0.2, 0.25) is 17.7 Å². The molecule has 318 valence electrons. The summed E-state index contributed by atoms with van der Waals surface area (Å²) >= 11 is 1.95. The zero-order valence-corrected chi connectivity index (χ0v) is 37.3. The van der Waals surface area contributed by atoms with Gasteiger partial charge in [0.25, 0.3) is 0 Å². The van der Waals surface area contributed by atoms with Crippen LogP contribution < -0.4 is 21.4 Å². The van der Waals surface area contributed by atoms with E-state index in [2.05, 4.69) is 78.7 Å². The van der Waals surface area contributed by atoms with Gasteiger partial charge in [-0.2, -0.15) is 11.8 Å². The Morgan fingerprint density at radius 2 is 1.53 bits per heavy atom. The van der Waals surface area contributed by atoms with Crippen LogP contribution >= 0.6 is 11.8 Å². The van der Waals surface area contributed by atoms with E-state index in [9.17, 15) is 9.59 Å². The van der Waals surface area contributed by atoms with E-state index < -0.39 is 29.1 Å². The number of likely N-dealkylation sites (tertiary alicyclic amines) is 2. The van der Waals surface area contributed by atoms with Gasteiger partial charge in [0.1, 0.15) is 18.1 Å². The lowest BCUT2D eigenvalue weighted by molar-refractivity contribution is -0.144. The molecule has 3 unspecified atom stereocenters. The van der Waals surface area contributed by atoms with Crippen LogP contribution in [0.2, 0.25) is 0 Å². The normalized spacial score (nSPS) is 33.3. The van der Waals surface area contributed by atoms with Crippen molar-refractivity contribution in [3.8, 4) is 0 Å². The minimum Gasteiger partial charge on any atom is -0.376 e. The fraction of sp³-hybridized carbons (Fsp3) is 0.804. The Bertz CT molecular complexity index is 1590.